The minimum atomic E-state index is -3.75. The summed E-state index contributed by atoms with van der Waals surface area (Å²) in [6, 6.07) is 25.4. The number of benzene rings is 4. The average Bonchev–Trinajstić information content (AvgIpc) is 2.79. The lowest BCUT2D eigenvalue weighted by atomic mass is 10.1. The Morgan fingerprint density at radius 2 is 1.50 bits per heavy atom. The van der Waals surface area contributed by atoms with Gasteiger partial charge in [0.15, 0.2) is 0 Å². The lowest BCUT2D eigenvalue weighted by molar-refractivity contribution is -0.120. The molecule has 32 heavy (non-hydrogen) atoms. The molecule has 0 fully saturated rings. The number of hydrogen-bond acceptors (Lipinski definition) is 3. The predicted octanol–water partition coefficient (Wildman–Crippen LogP) is 4.64. The van der Waals surface area contributed by atoms with Crippen LogP contribution in [0.3, 0.4) is 0 Å². The number of fused-ring (bicyclic) bond motifs is 1. The second-order valence-corrected chi connectivity index (χ2v) is 9.04. The van der Waals surface area contributed by atoms with E-state index in [0.29, 0.717) is 16.8 Å². The molecule has 162 valence electrons. The van der Waals surface area contributed by atoms with Crippen molar-refractivity contribution < 1.29 is 17.6 Å². The van der Waals surface area contributed by atoms with Crippen molar-refractivity contribution in [2.45, 2.75) is 17.9 Å². The van der Waals surface area contributed by atoms with Gasteiger partial charge in [0.25, 0.3) is 10.0 Å². The van der Waals surface area contributed by atoms with Gasteiger partial charge in [-0.25, -0.2) is 12.8 Å². The van der Waals surface area contributed by atoms with Crippen LogP contribution >= 0.6 is 0 Å². The van der Waals surface area contributed by atoms with Crippen LogP contribution in [0.2, 0.25) is 0 Å². The summed E-state index contributed by atoms with van der Waals surface area (Å²) >= 11 is 0. The van der Waals surface area contributed by atoms with Gasteiger partial charge in [-0.2, -0.15) is 0 Å². The zero-order valence-electron chi connectivity index (χ0n) is 17.1. The molecule has 0 aliphatic heterocycles. The first-order chi connectivity index (χ1) is 15.4. The lowest BCUT2D eigenvalue weighted by Gasteiger charge is -2.10. The van der Waals surface area contributed by atoms with Crippen molar-refractivity contribution in [2.75, 3.05) is 4.72 Å². The fraction of sp³-hybridized carbons (Fsp3) is 0.0800. The fourth-order valence-electron chi connectivity index (χ4n) is 3.32. The molecule has 0 heterocycles. The number of amides is 1. The summed E-state index contributed by atoms with van der Waals surface area (Å²) < 4.78 is 41.7. The number of rotatable bonds is 7. The number of carbonyl (C=O) groups is 1. The Morgan fingerprint density at radius 3 is 2.25 bits per heavy atom. The Hall–Kier alpha value is -3.71. The van der Waals surface area contributed by atoms with E-state index in [1.165, 1.54) is 6.07 Å². The van der Waals surface area contributed by atoms with Gasteiger partial charge in [-0.3, -0.25) is 9.52 Å². The number of halogens is 1. The van der Waals surface area contributed by atoms with Crippen LogP contribution in [-0.4, -0.2) is 14.3 Å². The quantitative estimate of drug-likeness (QED) is 0.433. The summed E-state index contributed by atoms with van der Waals surface area (Å²) in [4.78, 5) is 12.3. The molecule has 0 radical (unpaired) electrons. The average molecular weight is 449 g/mol. The summed E-state index contributed by atoms with van der Waals surface area (Å²) in [7, 11) is -3.75. The van der Waals surface area contributed by atoms with Crippen molar-refractivity contribution in [1.29, 1.82) is 0 Å². The maximum atomic E-state index is 13.6. The van der Waals surface area contributed by atoms with Crippen LogP contribution in [0.15, 0.2) is 95.9 Å². The lowest BCUT2D eigenvalue weighted by Crippen LogP contribution is -2.25. The molecule has 7 heteroatoms. The summed E-state index contributed by atoms with van der Waals surface area (Å²) in [5.74, 6) is -0.617. The van der Waals surface area contributed by atoms with Crippen molar-refractivity contribution in [3.05, 3.63) is 108 Å². The van der Waals surface area contributed by atoms with Crippen molar-refractivity contribution in [1.82, 2.24) is 5.32 Å². The highest BCUT2D eigenvalue weighted by Crippen LogP contribution is 2.21. The molecule has 0 saturated carbocycles. The molecule has 0 unspecified atom stereocenters. The first kappa shape index (κ1) is 21.5. The van der Waals surface area contributed by atoms with Crippen LogP contribution in [0, 0.1) is 5.82 Å². The number of sulfonamides is 1. The molecule has 2 N–H and O–H groups in total. The summed E-state index contributed by atoms with van der Waals surface area (Å²) in [5.41, 5.74) is 1.53. The Labute approximate surface area is 186 Å². The van der Waals surface area contributed by atoms with Gasteiger partial charge >= 0.3 is 0 Å². The minimum absolute atomic E-state index is 0.103. The Morgan fingerprint density at radius 1 is 0.812 bits per heavy atom. The van der Waals surface area contributed by atoms with E-state index in [2.05, 4.69) is 10.0 Å². The van der Waals surface area contributed by atoms with Crippen molar-refractivity contribution in [2.24, 2.45) is 0 Å². The van der Waals surface area contributed by atoms with E-state index in [4.69, 9.17) is 0 Å². The Balaban J connectivity index is 1.38. The number of nitrogens with one attached hydrogen (secondary N) is 2. The molecule has 0 spiro atoms. The Bertz CT molecular complexity index is 1370. The van der Waals surface area contributed by atoms with E-state index in [0.717, 1.165) is 10.8 Å². The molecule has 4 aromatic carbocycles. The summed E-state index contributed by atoms with van der Waals surface area (Å²) in [5, 5.41) is 4.49. The van der Waals surface area contributed by atoms with E-state index in [1.807, 2.05) is 24.3 Å². The molecular formula is C25H21FN2O3S. The molecule has 0 bridgehead atoms. The van der Waals surface area contributed by atoms with E-state index < -0.39 is 10.0 Å². The number of hydrogen-bond donors (Lipinski definition) is 2. The van der Waals surface area contributed by atoms with Crippen LogP contribution in [0.5, 0.6) is 0 Å². The Kier molecular flexibility index (Phi) is 6.18. The first-order valence-electron chi connectivity index (χ1n) is 10.0. The van der Waals surface area contributed by atoms with Crippen molar-refractivity contribution in [3.8, 4) is 0 Å². The third-order valence-electron chi connectivity index (χ3n) is 5.04. The highest BCUT2D eigenvalue weighted by molar-refractivity contribution is 7.92. The molecule has 0 aliphatic carbocycles. The smallest absolute Gasteiger partial charge is 0.261 e. The fourth-order valence-corrected chi connectivity index (χ4v) is 4.42. The highest BCUT2D eigenvalue weighted by atomic mass is 32.2. The summed E-state index contributed by atoms with van der Waals surface area (Å²) in [6.07, 6.45) is 0.103. The van der Waals surface area contributed by atoms with Crippen molar-refractivity contribution in [3.63, 3.8) is 0 Å². The van der Waals surface area contributed by atoms with Gasteiger partial charge in [0.2, 0.25) is 5.91 Å². The molecule has 0 saturated heterocycles. The van der Waals surface area contributed by atoms with Gasteiger partial charge in [0.05, 0.1) is 11.3 Å². The third kappa shape index (κ3) is 5.12. The van der Waals surface area contributed by atoms with E-state index in [9.17, 15) is 17.6 Å². The van der Waals surface area contributed by atoms with Gasteiger partial charge in [-0.05, 0) is 46.7 Å². The van der Waals surface area contributed by atoms with E-state index >= 15 is 0 Å². The van der Waals surface area contributed by atoms with Crippen LogP contribution < -0.4 is 10.0 Å². The zero-order valence-corrected chi connectivity index (χ0v) is 17.9. The second-order valence-electron chi connectivity index (χ2n) is 7.36. The SMILES string of the molecule is O=C(Cc1ccc(NS(=O)(=O)c2ccc3ccccc3c2)cc1)NCc1ccccc1F. The standard InChI is InChI=1S/C25H21FN2O3S/c26-24-8-4-3-7-21(24)17-27-25(29)15-18-9-12-22(13-10-18)28-32(30,31)23-14-11-19-5-1-2-6-20(19)16-23/h1-14,16,28H,15,17H2,(H,27,29). The minimum Gasteiger partial charge on any atom is -0.352 e. The van der Waals surface area contributed by atoms with Gasteiger partial charge in [0.1, 0.15) is 5.82 Å². The van der Waals surface area contributed by atoms with E-state index in [1.54, 1.807) is 60.7 Å². The monoisotopic (exact) mass is 448 g/mol. The molecule has 4 aromatic rings. The van der Waals surface area contributed by atoms with Gasteiger partial charge in [0, 0.05) is 17.8 Å². The predicted molar refractivity (Wildman–Crippen MR) is 123 cm³/mol. The van der Waals surface area contributed by atoms with E-state index in [-0.39, 0.29) is 29.6 Å². The van der Waals surface area contributed by atoms with Crippen LogP contribution in [0.25, 0.3) is 10.8 Å². The van der Waals surface area contributed by atoms with Gasteiger partial charge in [-0.15, -0.1) is 0 Å². The van der Waals surface area contributed by atoms with Crippen LogP contribution in [0.1, 0.15) is 11.1 Å². The molecule has 0 aromatic heterocycles. The molecule has 4 rings (SSSR count). The maximum absolute atomic E-state index is 13.6. The molecule has 5 nitrogen and oxygen atoms in total. The number of carbonyl (C=O) groups excluding carboxylic acids is 1. The third-order valence-corrected chi connectivity index (χ3v) is 6.41. The molecule has 0 atom stereocenters. The second kappa shape index (κ2) is 9.20. The highest BCUT2D eigenvalue weighted by Gasteiger charge is 2.15. The van der Waals surface area contributed by atoms with Crippen LogP contribution in [-0.2, 0) is 27.8 Å². The van der Waals surface area contributed by atoms with Gasteiger partial charge in [-0.1, -0.05) is 60.7 Å². The van der Waals surface area contributed by atoms with Gasteiger partial charge < -0.3 is 5.32 Å². The maximum Gasteiger partial charge on any atom is 0.261 e. The topological polar surface area (TPSA) is 75.3 Å². The summed E-state index contributed by atoms with van der Waals surface area (Å²) in [6.45, 7) is 0.106. The normalized spacial score (nSPS) is 11.3. The molecule has 0 aliphatic rings. The first-order valence-corrected chi connectivity index (χ1v) is 11.5. The van der Waals surface area contributed by atoms with Crippen LogP contribution in [0.4, 0.5) is 10.1 Å². The zero-order chi connectivity index (χ0) is 22.6. The molecular weight excluding hydrogens is 427 g/mol. The largest absolute Gasteiger partial charge is 0.352 e. The molecule has 1 amide bonds. The number of anilines is 1. The van der Waals surface area contributed by atoms with Crippen molar-refractivity contribution >= 4 is 32.4 Å².